The first-order valence-electron chi connectivity index (χ1n) is 4.98. The molecule has 1 heterocycles. The van der Waals surface area contributed by atoms with Crippen LogP contribution in [0, 0.1) is 0 Å². The number of rotatable bonds is 5. The summed E-state index contributed by atoms with van der Waals surface area (Å²) in [4.78, 5) is 3.67. The van der Waals surface area contributed by atoms with Crippen molar-refractivity contribution in [3.63, 3.8) is 0 Å². The molecule has 18 heavy (non-hydrogen) atoms. The van der Waals surface area contributed by atoms with Crippen molar-refractivity contribution in [2.45, 2.75) is 18.5 Å². The number of nitrogens with zero attached hydrogens (tertiary/aromatic N) is 1. The van der Waals surface area contributed by atoms with Crippen LogP contribution in [0.2, 0.25) is 0 Å². The van der Waals surface area contributed by atoms with E-state index >= 15 is 0 Å². The van der Waals surface area contributed by atoms with Crippen LogP contribution in [0.4, 0.5) is 13.2 Å². The van der Waals surface area contributed by atoms with Gasteiger partial charge in [-0.05, 0) is 6.07 Å². The summed E-state index contributed by atoms with van der Waals surface area (Å²) >= 11 is 0. The smallest absolute Gasteiger partial charge is 0.354 e. The van der Waals surface area contributed by atoms with E-state index in [-0.39, 0.29) is 5.56 Å². The number of methoxy groups -OCH3 is 2. The van der Waals surface area contributed by atoms with Gasteiger partial charge in [0.1, 0.15) is 0 Å². The number of aromatic nitrogens is 1. The second-order valence-corrected chi connectivity index (χ2v) is 3.44. The van der Waals surface area contributed by atoms with Crippen molar-refractivity contribution < 1.29 is 22.6 Å². The molecule has 0 bridgehead atoms. The molecule has 0 aromatic carbocycles. The first kappa shape index (κ1) is 14.8. The molecule has 0 aliphatic rings. The van der Waals surface area contributed by atoms with Gasteiger partial charge in [-0.2, -0.15) is 13.2 Å². The van der Waals surface area contributed by atoms with E-state index in [1.165, 1.54) is 14.2 Å². The van der Waals surface area contributed by atoms with E-state index < -0.39 is 24.1 Å². The fraction of sp³-hybridized carbons (Fsp3) is 0.500. The van der Waals surface area contributed by atoms with Gasteiger partial charge >= 0.3 is 6.18 Å². The highest BCUT2D eigenvalue weighted by molar-refractivity contribution is 5.29. The molecule has 1 rings (SSSR count). The van der Waals surface area contributed by atoms with Crippen molar-refractivity contribution in [2.75, 3.05) is 14.2 Å². The van der Waals surface area contributed by atoms with Crippen LogP contribution in [0.25, 0.3) is 0 Å². The maximum Gasteiger partial charge on any atom is 0.416 e. The van der Waals surface area contributed by atoms with Gasteiger partial charge < -0.3 is 9.47 Å². The number of pyridine rings is 1. The standard InChI is InChI=1S/C10H14F3N3O2/c1-17-9(18-2)8(16-14)6-5-15-4-3-7(6)10(11,12)13/h3-5,8-9,16H,14H2,1-2H3. The quantitative estimate of drug-likeness (QED) is 0.476. The van der Waals surface area contributed by atoms with Crippen LogP contribution in [-0.4, -0.2) is 25.5 Å². The van der Waals surface area contributed by atoms with Crippen LogP contribution in [0.3, 0.4) is 0 Å². The maximum atomic E-state index is 12.8. The van der Waals surface area contributed by atoms with Crippen LogP contribution < -0.4 is 11.3 Å². The van der Waals surface area contributed by atoms with E-state index in [9.17, 15) is 13.2 Å². The van der Waals surface area contributed by atoms with Crippen molar-refractivity contribution in [1.29, 1.82) is 0 Å². The third kappa shape index (κ3) is 3.16. The van der Waals surface area contributed by atoms with E-state index in [2.05, 4.69) is 10.4 Å². The maximum absolute atomic E-state index is 12.8. The average molecular weight is 265 g/mol. The predicted octanol–water partition coefficient (Wildman–Crippen LogP) is 1.22. The molecule has 1 aromatic rings. The van der Waals surface area contributed by atoms with Crippen LogP contribution in [0.5, 0.6) is 0 Å². The molecule has 1 atom stereocenters. The minimum Gasteiger partial charge on any atom is -0.354 e. The summed E-state index contributed by atoms with van der Waals surface area (Å²) in [6.07, 6.45) is -3.31. The summed E-state index contributed by atoms with van der Waals surface area (Å²) in [6, 6.07) is -0.104. The molecule has 102 valence electrons. The summed E-state index contributed by atoms with van der Waals surface area (Å²) in [7, 11) is 2.62. The van der Waals surface area contributed by atoms with Crippen molar-refractivity contribution in [2.24, 2.45) is 5.84 Å². The lowest BCUT2D eigenvalue weighted by molar-refractivity contribution is -0.143. The van der Waals surface area contributed by atoms with Crippen molar-refractivity contribution >= 4 is 0 Å². The zero-order valence-electron chi connectivity index (χ0n) is 9.86. The Kier molecular flexibility index (Phi) is 5.03. The summed E-state index contributed by atoms with van der Waals surface area (Å²) < 4.78 is 48.3. The molecule has 5 nitrogen and oxygen atoms in total. The Morgan fingerprint density at radius 2 is 1.94 bits per heavy atom. The van der Waals surface area contributed by atoms with Crippen molar-refractivity contribution in [1.82, 2.24) is 10.4 Å². The molecule has 8 heteroatoms. The highest BCUT2D eigenvalue weighted by Gasteiger charge is 2.37. The fourth-order valence-electron chi connectivity index (χ4n) is 1.60. The molecule has 3 N–H and O–H groups in total. The van der Waals surface area contributed by atoms with Crippen molar-refractivity contribution in [3.8, 4) is 0 Å². The van der Waals surface area contributed by atoms with Gasteiger partial charge in [0.25, 0.3) is 0 Å². The molecule has 0 aliphatic heterocycles. The first-order chi connectivity index (χ1) is 8.45. The molecule has 0 aliphatic carbocycles. The number of hydrogen-bond donors (Lipinski definition) is 2. The second-order valence-electron chi connectivity index (χ2n) is 3.44. The lowest BCUT2D eigenvalue weighted by atomic mass is 10.0. The average Bonchev–Trinajstić information content (AvgIpc) is 2.34. The lowest BCUT2D eigenvalue weighted by Gasteiger charge is -2.26. The number of ether oxygens (including phenoxy) is 2. The Bertz CT molecular complexity index is 383. The number of hydrogen-bond acceptors (Lipinski definition) is 5. The first-order valence-corrected chi connectivity index (χ1v) is 4.98. The molecule has 1 aromatic heterocycles. The highest BCUT2D eigenvalue weighted by atomic mass is 19.4. The molecule has 0 radical (unpaired) electrons. The third-order valence-electron chi connectivity index (χ3n) is 2.41. The van der Waals surface area contributed by atoms with Gasteiger partial charge in [-0.1, -0.05) is 0 Å². The zero-order valence-corrected chi connectivity index (χ0v) is 9.86. The Hall–Kier alpha value is -1.22. The monoisotopic (exact) mass is 265 g/mol. The molecule has 1 unspecified atom stereocenters. The minimum absolute atomic E-state index is 0.138. The van der Waals surface area contributed by atoms with Gasteiger partial charge in [-0.3, -0.25) is 10.8 Å². The van der Waals surface area contributed by atoms with Gasteiger partial charge in [0.05, 0.1) is 11.6 Å². The number of alkyl halides is 3. The third-order valence-corrected chi connectivity index (χ3v) is 2.41. The van der Waals surface area contributed by atoms with Crippen LogP contribution >= 0.6 is 0 Å². The number of nitrogens with one attached hydrogen (secondary N) is 1. The fourth-order valence-corrected chi connectivity index (χ4v) is 1.60. The number of halogens is 3. The largest absolute Gasteiger partial charge is 0.416 e. The zero-order chi connectivity index (χ0) is 13.8. The van der Waals surface area contributed by atoms with E-state index in [4.69, 9.17) is 15.3 Å². The van der Waals surface area contributed by atoms with Gasteiger partial charge in [0, 0.05) is 32.2 Å². The Morgan fingerprint density at radius 3 is 2.39 bits per heavy atom. The molecular weight excluding hydrogens is 251 g/mol. The van der Waals surface area contributed by atoms with E-state index in [1.807, 2.05) is 0 Å². The Labute approximate surface area is 102 Å². The van der Waals surface area contributed by atoms with Crippen LogP contribution in [-0.2, 0) is 15.7 Å². The van der Waals surface area contributed by atoms with Crippen LogP contribution in [0.15, 0.2) is 18.5 Å². The number of nitrogens with two attached hydrogens (primary N) is 1. The van der Waals surface area contributed by atoms with Crippen molar-refractivity contribution in [3.05, 3.63) is 29.6 Å². The summed E-state index contributed by atoms with van der Waals surface area (Å²) in [5.41, 5.74) is 1.27. The molecule has 0 saturated carbocycles. The second kappa shape index (κ2) is 6.10. The van der Waals surface area contributed by atoms with Gasteiger partial charge in [0.2, 0.25) is 0 Å². The van der Waals surface area contributed by atoms with Crippen LogP contribution in [0.1, 0.15) is 17.2 Å². The number of hydrazine groups is 1. The Morgan fingerprint density at radius 1 is 1.33 bits per heavy atom. The summed E-state index contributed by atoms with van der Waals surface area (Å²) in [5.74, 6) is 5.26. The summed E-state index contributed by atoms with van der Waals surface area (Å²) in [5, 5.41) is 0. The van der Waals surface area contributed by atoms with Gasteiger partial charge in [-0.25, -0.2) is 5.43 Å². The van der Waals surface area contributed by atoms with E-state index in [0.717, 1.165) is 18.5 Å². The topological polar surface area (TPSA) is 69.4 Å². The van der Waals surface area contributed by atoms with Gasteiger partial charge in [-0.15, -0.1) is 0 Å². The SMILES string of the molecule is COC(OC)C(NN)c1cnccc1C(F)(F)F. The Balaban J connectivity index is 3.21. The molecule has 0 amide bonds. The predicted molar refractivity (Wildman–Crippen MR) is 57.1 cm³/mol. The highest BCUT2D eigenvalue weighted by Crippen LogP contribution is 2.35. The van der Waals surface area contributed by atoms with E-state index in [0.29, 0.717) is 0 Å². The van der Waals surface area contributed by atoms with Gasteiger partial charge in [0.15, 0.2) is 6.29 Å². The van der Waals surface area contributed by atoms with E-state index in [1.54, 1.807) is 0 Å². The lowest BCUT2D eigenvalue weighted by Crippen LogP contribution is -2.39. The molecule has 0 spiro atoms. The molecule has 0 fully saturated rings. The molecular formula is C10H14F3N3O2. The molecule has 0 saturated heterocycles. The minimum atomic E-state index is -4.50. The summed E-state index contributed by atoms with van der Waals surface area (Å²) in [6.45, 7) is 0. The normalized spacial score (nSPS) is 13.9.